The molecule has 0 unspecified atom stereocenters. The summed E-state index contributed by atoms with van der Waals surface area (Å²) in [6.45, 7) is 0.128. The van der Waals surface area contributed by atoms with E-state index in [2.05, 4.69) is 0 Å². The first-order valence-electron chi connectivity index (χ1n) is 11.0. The second kappa shape index (κ2) is 9.78. The number of carbonyl (C=O) groups excluding carboxylic acids is 3. The van der Waals surface area contributed by atoms with E-state index in [1.54, 1.807) is 32.3 Å². The van der Waals surface area contributed by atoms with Crippen LogP contribution in [0.5, 0.6) is 5.75 Å². The third-order valence-corrected chi connectivity index (χ3v) is 6.53. The van der Waals surface area contributed by atoms with Gasteiger partial charge in [0.25, 0.3) is 5.91 Å². The number of ketones is 2. The van der Waals surface area contributed by atoms with Gasteiger partial charge in [-0.2, -0.15) is 5.06 Å². The molecule has 0 bridgehead atoms. The molecule has 2 aliphatic rings. The summed E-state index contributed by atoms with van der Waals surface area (Å²) in [4.78, 5) is 45.4. The fraction of sp³-hybridized carbons (Fsp3) is 0.458. The Kier molecular flexibility index (Phi) is 7.37. The van der Waals surface area contributed by atoms with E-state index in [4.69, 9.17) is 10.6 Å². The van der Waals surface area contributed by atoms with Crippen LogP contribution in [-0.2, 0) is 27.4 Å². The first-order chi connectivity index (χ1) is 16.3. The molecule has 0 radical (unpaired) electrons. The Morgan fingerprint density at radius 1 is 1.23 bits per heavy atom. The molecular weight excluding hydrogens is 458 g/mol. The van der Waals surface area contributed by atoms with Crippen LogP contribution in [0.4, 0.5) is 0 Å². The van der Waals surface area contributed by atoms with Crippen molar-refractivity contribution in [2.45, 2.75) is 31.4 Å². The van der Waals surface area contributed by atoms with Crippen LogP contribution in [0.25, 0.3) is 0 Å². The molecule has 0 spiro atoms. The van der Waals surface area contributed by atoms with Crippen molar-refractivity contribution in [3.8, 4) is 5.75 Å². The molecule has 0 saturated heterocycles. The lowest BCUT2D eigenvalue weighted by Gasteiger charge is -2.39. The SMILES string of the molecule is CON(C)Cc1ccc(O)c2c1C[C@H]1CC[C@@](O)(C(=O)/C(C(N)=O)=C(/O)CN(C)C)C(O)=C1C2=O. The smallest absolute Gasteiger partial charge is 0.255 e. The number of rotatable bonds is 8. The molecule has 6 N–H and O–H groups in total. The van der Waals surface area contributed by atoms with Crippen LogP contribution >= 0.6 is 0 Å². The highest BCUT2D eigenvalue weighted by Crippen LogP contribution is 2.46. The number of phenols is 1. The monoisotopic (exact) mass is 489 g/mol. The van der Waals surface area contributed by atoms with E-state index in [1.165, 1.54) is 18.1 Å². The van der Waals surface area contributed by atoms with Crippen LogP contribution in [-0.4, -0.2) is 88.3 Å². The van der Waals surface area contributed by atoms with E-state index >= 15 is 0 Å². The third kappa shape index (κ3) is 4.67. The second-order valence-corrected chi connectivity index (χ2v) is 9.21. The summed E-state index contributed by atoms with van der Waals surface area (Å²) in [5, 5.41) is 44.6. The second-order valence-electron chi connectivity index (χ2n) is 9.21. The van der Waals surface area contributed by atoms with Gasteiger partial charge in [0.05, 0.1) is 19.2 Å². The van der Waals surface area contributed by atoms with Gasteiger partial charge in [0.2, 0.25) is 5.78 Å². The summed E-state index contributed by atoms with van der Waals surface area (Å²) in [5.41, 5.74) is 2.95. The van der Waals surface area contributed by atoms with Crippen LogP contribution in [0.2, 0.25) is 0 Å². The molecule has 11 heteroatoms. The lowest BCUT2D eigenvalue weighted by molar-refractivity contribution is -0.136. The van der Waals surface area contributed by atoms with Gasteiger partial charge in [-0.05, 0) is 56.5 Å². The Labute approximate surface area is 202 Å². The highest BCUT2D eigenvalue weighted by atomic mass is 16.7. The van der Waals surface area contributed by atoms with Gasteiger partial charge < -0.3 is 35.9 Å². The number of carbonyl (C=O) groups is 3. The number of aromatic hydroxyl groups is 1. The first-order valence-corrected chi connectivity index (χ1v) is 11.0. The quantitative estimate of drug-likeness (QED) is 0.114. The molecule has 0 fully saturated rings. The number of phenolic OH excluding ortho intramolecular Hbond substituents is 1. The van der Waals surface area contributed by atoms with Crippen LogP contribution in [0.1, 0.15) is 34.3 Å². The Morgan fingerprint density at radius 3 is 2.46 bits per heavy atom. The average Bonchev–Trinajstić information content (AvgIpc) is 2.77. The Morgan fingerprint density at radius 2 is 1.89 bits per heavy atom. The van der Waals surface area contributed by atoms with Crippen molar-refractivity contribution in [3.63, 3.8) is 0 Å². The number of primary amides is 1. The van der Waals surface area contributed by atoms with Crippen molar-refractivity contribution in [2.24, 2.45) is 11.7 Å². The molecule has 11 nitrogen and oxygen atoms in total. The number of hydroxylamine groups is 2. The van der Waals surface area contributed by atoms with E-state index in [1.807, 2.05) is 0 Å². The zero-order valence-corrected chi connectivity index (χ0v) is 20.2. The van der Waals surface area contributed by atoms with Crippen LogP contribution in [0.15, 0.2) is 34.8 Å². The summed E-state index contributed by atoms with van der Waals surface area (Å²) in [7, 11) is 6.38. The third-order valence-electron chi connectivity index (χ3n) is 6.53. The van der Waals surface area contributed by atoms with Crippen molar-refractivity contribution < 1.29 is 39.6 Å². The summed E-state index contributed by atoms with van der Waals surface area (Å²) >= 11 is 0. The maximum Gasteiger partial charge on any atom is 0.255 e. The summed E-state index contributed by atoms with van der Waals surface area (Å²) < 4.78 is 0. The van der Waals surface area contributed by atoms with E-state index < -0.39 is 46.1 Å². The van der Waals surface area contributed by atoms with Crippen LogP contribution in [0.3, 0.4) is 0 Å². The molecule has 1 aromatic rings. The average molecular weight is 490 g/mol. The zero-order valence-electron chi connectivity index (χ0n) is 20.2. The zero-order chi connectivity index (χ0) is 26.2. The number of nitrogens with zero attached hydrogens (tertiary/aromatic N) is 2. The largest absolute Gasteiger partial charge is 0.510 e. The van der Waals surface area contributed by atoms with Crippen molar-refractivity contribution in [2.75, 3.05) is 34.8 Å². The number of fused-ring (bicyclic) bond motifs is 2. The maximum atomic E-state index is 13.5. The molecule has 0 saturated carbocycles. The summed E-state index contributed by atoms with van der Waals surface area (Å²) in [5.74, 6) is -5.67. The van der Waals surface area contributed by atoms with Crippen LogP contribution < -0.4 is 5.73 Å². The molecule has 3 rings (SSSR count). The van der Waals surface area contributed by atoms with Gasteiger partial charge in [-0.25, -0.2) is 0 Å². The normalized spacial score (nSPS) is 22.7. The Bertz CT molecular complexity index is 1140. The molecule has 1 aromatic carbocycles. The van der Waals surface area contributed by atoms with E-state index in [-0.39, 0.29) is 42.7 Å². The van der Waals surface area contributed by atoms with Crippen LogP contribution in [0, 0.1) is 5.92 Å². The first kappa shape index (κ1) is 26.4. The molecule has 1 amide bonds. The number of nitrogens with two attached hydrogens (primary N) is 1. The number of aliphatic hydroxyl groups is 3. The molecule has 0 heterocycles. The molecular formula is C24H31N3O8. The lowest BCUT2D eigenvalue weighted by atomic mass is 9.67. The lowest BCUT2D eigenvalue weighted by Crippen LogP contribution is -2.49. The Hall–Kier alpha value is -3.25. The fourth-order valence-electron chi connectivity index (χ4n) is 4.75. The highest BCUT2D eigenvalue weighted by molar-refractivity contribution is 6.23. The van der Waals surface area contributed by atoms with Gasteiger partial charge >= 0.3 is 0 Å². The topological polar surface area (TPSA) is 174 Å². The predicted molar refractivity (Wildman–Crippen MR) is 124 cm³/mol. The van der Waals surface area contributed by atoms with Gasteiger partial charge in [0, 0.05) is 19.2 Å². The minimum absolute atomic E-state index is 0.0253. The Balaban J connectivity index is 2.12. The van der Waals surface area contributed by atoms with E-state index in [0.29, 0.717) is 12.1 Å². The standard InChI is InChI=1S/C24H31N3O8/c1-26(2)11-16(29)19(23(25)33)22(32)24(34)8-7-12-9-14-13(10-27(3)35-4)5-6-15(28)18(14)20(30)17(12)21(24)31/h5-6,12,28-29,31,34H,7-11H2,1-4H3,(H2,25,33)/b19-16-/t12-,24+/m1/s1. The van der Waals surface area contributed by atoms with Gasteiger partial charge in [0.15, 0.2) is 11.4 Å². The molecule has 2 aliphatic carbocycles. The summed E-state index contributed by atoms with van der Waals surface area (Å²) in [6, 6.07) is 3.05. The van der Waals surface area contributed by atoms with Gasteiger partial charge in [-0.3, -0.25) is 14.4 Å². The van der Waals surface area contributed by atoms with Crippen molar-refractivity contribution in [1.29, 1.82) is 0 Å². The summed E-state index contributed by atoms with van der Waals surface area (Å²) in [6.07, 6.45) is 0.103. The number of likely N-dealkylation sites (N-methyl/N-ethyl adjacent to an activating group) is 1. The van der Waals surface area contributed by atoms with E-state index in [0.717, 1.165) is 5.56 Å². The van der Waals surface area contributed by atoms with Gasteiger partial charge in [-0.15, -0.1) is 0 Å². The van der Waals surface area contributed by atoms with Crippen molar-refractivity contribution in [1.82, 2.24) is 9.96 Å². The maximum absolute atomic E-state index is 13.5. The fourth-order valence-corrected chi connectivity index (χ4v) is 4.75. The number of hydrogen-bond donors (Lipinski definition) is 5. The molecule has 2 atom stereocenters. The van der Waals surface area contributed by atoms with E-state index in [9.17, 15) is 34.8 Å². The number of Topliss-reactive ketones (excluding diaryl/α,β-unsaturated/α-hetero) is 2. The van der Waals surface area contributed by atoms with Gasteiger partial charge in [-0.1, -0.05) is 6.07 Å². The number of allylic oxidation sites excluding steroid dienone is 1. The molecule has 35 heavy (non-hydrogen) atoms. The molecule has 0 aliphatic heterocycles. The number of aliphatic hydroxyl groups excluding tert-OH is 2. The van der Waals surface area contributed by atoms with Crippen molar-refractivity contribution in [3.05, 3.63) is 51.5 Å². The number of benzene rings is 1. The molecule has 0 aromatic heterocycles. The predicted octanol–water partition coefficient (Wildman–Crippen LogP) is 0.506. The van der Waals surface area contributed by atoms with Gasteiger partial charge in [0.1, 0.15) is 22.8 Å². The minimum Gasteiger partial charge on any atom is -0.510 e. The highest BCUT2D eigenvalue weighted by Gasteiger charge is 2.52. The molecule has 190 valence electrons. The number of hydrogen-bond acceptors (Lipinski definition) is 10. The number of amides is 1. The van der Waals surface area contributed by atoms with Crippen molar-refractivity contribution >= 4 is 17.5 Å². The minimum atomic E-state index is -2.63.